The minimum atomic E-state index is -4.13. The lowest BCUT2D eigenvalue weighted by Crippen LogP contribution is -2.35. The molecular formula is C12H16O7S. The molecule has 0 bridgehead atoms. The number of aliphatic hydroxyl groups is 3. The zero-order valence-corrected chi connectivity index (χ0v) is 11.5. The average Bonchev–Trinajstić information content (AvgIpc) is 2.66. The average molecular weight is 304 g/mol. The second-order valence-electron chi connectivity index (χ2n) is 4.57. The molecule has 0 saturated carbocycles. The fourth-order valence-electron chi connectivity index (χ4n) is 1.83. The number of hydrogen-bond acceptors (Lipinski definition) is 7. The summed E-state index contributed by atoms with van der Waals surface area (Å²) in [4.78, 5) is -0.0826. The van der Waals surface area contributed by atoms with E-state index in [0.29, 0.717) is 0 Å². The Hall–Kier alpha value is -1.03. The number of aryl methyl sites for hydroxylation is 1. The van der Waals surface area contributed by atoms with E-state index >= 15 is 0 Å². The van der Waals surface area contributed by atoms with E-state index < -0.39 is 41.3 Å². The molecule has 1 aromatic rings. The third-order valence-electron chi connectivity index (χ3n) is 3.03. The van der Waals surface area contributed by atoms with Crippen LogP contribution in [0.15, 0.2) is 29.2 Å². The van der Waals surface area contributed by atoms with Crippen molar-refractivity contribution in [2.24, 2.45) is 0 Å². The minimum absolute atomic E-state index is 0.0826. The lowest BCUT2D eigenvalue weighted by Gasteiger charge is -2.15. The van der Waals surface area contributed by atoms with Gasteiger partial charge >= 0.3 is 0 Å². The molecule has 1 saturated heterocycles. The zero-order valence-electron chi connectivity index (χ0n) is 10.7. The summed E-state index contributed by atoms with van der Waals surface area (Å²) in [6.07, 6.45) is -5.58. The van der Waals surface area contributed by atoms with Crippen molar-refractivity contribution in [3.63, 3.8) is 0 Å². The molecule has 1 aliphatic heterocycles. The standard InChI is InChI=1S/C12H16O7S/c1-7-2-4-8(5-3-7)20(16,17)19-12-11(15)10(14)9(6-13)18-12/h2-5,9-15H,6H2,1H3/t9-,10-,11-,12?/m1/s1. The molecule has 1 aromatic carbocycles. The molecule has 1 aliphatic rings. The van der Waals surface area contributed by atoms with E-state index in [9.17, 15) is 18.6 Å². The predicted octanol–water partition coefficient (Wildman–Crippen LogP) is -0.861. The maximum absolute atomic E-state index is 12.0. The van der Waals surface area contributed by atoms with E-state index in [-0.39, 0.29) is 4.90 Å². The molecule has 3 N–H and O–H groups in total. The van der Waals surface area contributed by atoms with Gasteiger partial charge in [-0.05, 0) is 19.1 Å². The third kappa shape index (κ3) is 3.00. The molecule has 1 unspecified atom stereocenters. The predicted molar refractivity (Wildman–Crippen MR) is 67.2 cm³/mol. The van der Waals surface area contributed by atoms with Crippen LogP contribution in [0.1, 0.15) is 5.56 Å². The van der Waals surface area contributed by atoms with Gasteiger partial charge < -0.3 is 20.1 Å². The molecule has 0 spiro atoms. The van der Waals surface area contributed by atoms with Crippen LogP contribution in [-0.2, 0) is 19.0 Å². The van der Waals surface area contributed by atoms with E-state index in [1.54, 1.807) is 12.1 Å². The Morgan fingerprint density at radius 1 is 1.20 bits per heavy atom. The topological polar surface area (TPSA) is 113 Å². The van der Waals surface area contributed by atoms with Crippen molar-refractivity contribution >= 4 is 10.1 Å². The van der Waals surface area contributed by atoms with Crippen molar-refractivity contribution in [1.82, 2.24) is 0 Å². The normalized spacial score (nSPS) is 30.6. The number of benzene rings is 1. The molecule has 0 amide bonds. The maximum Gasteiger partial charge on any atom is 0.299 e. The molecule has 2 rings (SSSR count). The molecule has 8 heteroatoms. The highest BCUT2D eigenvalue weighted by Gasteiger charge is 2.45. The lowest BCUT2D eigenvalue weighted by molar-refractivity contribution is -0.113. The number of aliphatic hydroxyl groups excluding tert-OH is 3. The van der Waals surface area contributed by atoms with Gasteiger partial charge in [0.25, 0.3) is 10.1 Å². The largest absolute Gasteiger partial charge is 0.394 e. The highest BCUT2D eigenvalue weighted by molar-refractivity contribution is 7.86. The first kappa shape index (κ1) is 15.4. The Labute approximate surface area is 116 Å². The Kier molecular flexibility index (Phi) is 4.43. The van der Waals surface area contributed by atoms with Gasteiger partial charge in [0.2, 0.25) is 6.29 Å². The molecule has 1 fully saturated rings. The number of hydrogen-bond donors (Lipinski definition) is 3. The van der Waals surface area contributed by atoms with Crippen molar-refractivity contribution in [2.75, 3.05) is 6.61 Å². The molecular weight excluding hydrogens is 288 g/mol. The van der Waals surface area contributed by atoms with Crippen molar-refractivity contribution in [3.05, 3.63) is 29.8 Å². The Bertz CT molecular complexity index is 554. The summed E-state index contributed by atoms with van der Waals surface area (Å²) in [7, 11) is -4.13. The zero-order chi connectivity index (χ0) is 14.9. The Morgan fingerprint density at radius 3 is 2.30 bits per heavy atom. The third-order valence-corrected chi connectivity index (χ3v) is 4.32. The summed E-state index contributed by atoms with van der Waals surface area (Å²) >= 11 is 0. The fraction of sp³-hybridized carbons (Fsp3) is 0.500. The number of rotatable bonds is 4. The molecule has 4 atom stereocenters. The molecule has 112 valence electrons. The van der Waals surface area contributed by atoms with Crippen LogP contribution in [0.5, 0.6) is 0 Å². The van der Waals surface area contributed by atoms with Crippen LogP contribution in [0.2, 0.25) is 0 Å². The monoisotopic (exact) mass is 304 g/mol. The summed E-state index contributed by atoms with van der Waals surface area (Å²) in [5.74, 6) is 0. The minimum Gasteiger partial charge on any atom is -0.394 e. The van der Waals surface area contributed by atoms with E-state index in [1.165, 1.54) is 12.1 Å². The molecule has 7 nitrogen and oxygen atoms in total. The van der Waals surface area contributed by atoms with Gasteiger partial charge in [-0.25, -0.2) is 4.18 Å². The van der Waals surface area contributed by atoms with Crippen LogP contribution in [0.4, 0.5) is 0 Å². The van der Waals surface area contributed by atoms with E-state index in [2.05, 4.69) is 0 Å². The van der Waals surface area contributed by atoms with Crippen LogP contribution >= 0.6 is 0 Å². The highest BCUT2D eigenvalue weighted by Crippen LogP contribution is 2.25. The molecule has 20 heavy (non-hydrogen) atoms. The van der Waals surface area contributed by atoms with E-state index in [1.807, 2.05) is 6.92 Å². The van der Waals surface area contributed by atoms with Gasteiger partial charge in [-0.15, -0.1) is 0 Å². The van der Waals surface area contributed by atoms with Crippen molar-refractivity contribution in [3.8, 4) is 0 Å². The Morgan fingerprint density at radius 2 is 1.80 bits per heavy atom. The van der Waals surface area contributed by atoms with Gasteiger partial charge in [-0.2, -0.15) is 8.42 Å². The van der Waals surface area contributed by atoms with E-state index in [4.69, 9.17) is 14.0 Å². The first-order valence-corrected chi connectivity index (χ1v) is 7.38. The summed E-state index contributed by atoms with van der Waals surface area (Å²) in [5.41, 5.74) is 0.886. The summed E-state index contributed by atoms with van der Waals surface area (Å²) in [5, 5.41) is 28.1. The second-order valence-corrected chi connectivity index (χ2v) is 6.14. The van der Waals surface area contributed by atoms with Crippen molar-refractivity contribution < 1.29 is 32.7 Å². The lowest BCUT2D eigenvalue weighted by atomic mass is 10.1. The van der Waals surface area contributed by atoms with Gasteiger partial charge in [-0.1, -0.05) is 17.7 Å². The Balaban J connectivity index is 2.15. The number of ether oxygens (including phenoxy) is 1. The van der Waals surface area contributed by atoms with E-state index in [0.717, 1.165) is 5.56 Å². The molecule has 0 aromatic heterocycles. The summed E-state index contributed by atoms with van der Waals surface area (Å²) in [6.45, 7) is 1.26. The molecule has 0 radical (unpaired) electrons. The van der Waals surface area contributed by atoms with Gasteiger partial charge in [0, 0.05) is 0 Å². The highest BCUT2D eigenvalue weighted by atomic mass is 32.2. The van der Waals surface area contributed by atoms with Crippen LogP contribution in [-0.4, -0.2) is 54.9 Å². The molecule has 0 aliphatic carbocycles. The first-order valence-electron chi connectivity index (χ1n) is 5.97. The molecule has 1 heterocycles. The van der Waals surface area contributed by atoms with Gasteiger partial charge in [-0.3, -0.25) is 0 Å². The quantitative estimate of drug-likeness (QED) is 0.620. The second kappa shape index (κ2) is 5.76. The van der Waals surface area contributed by atoms with Gasteiger partial charge in [0.05, 0.1) is 11.5 Å². The van der Waals surface area contributed by atoms with Gasteiger partial charge in [0.1, 0.15) is 18.3 Å². The SMILES string of the molecule is Cc1ccc(S(=O)(=O)OC2O[C@H](CO)[C@@H](O)[C@H]2O)cc1. The maximum atomic E-state index is 12.0. The van der Waals surface area contributed by atoms with Crippen molar-refractivity contribution in [2.45, 2.75) is 36.4 Å². The van der Waals surface area contributed by atoms with Crippen LogP contribution < -0.4 is 0 Å². The van der Waals surface area contributed by atoms with Gasteiger partial charge in [0.15, 0.2) is 0 Å². The van der Waals surface area contributed by atoms with Crippen LogP contribution in [0, 0.1) is 6.92 Å². The summed E-state index contributed by atoms with van der Waals surface area (Å²) in [6, 6.07) is 5.94. The first-order chi connectivity index (χ1) is 9.35. The van der Waals surface area contributed by atoms with Crippen LogP contribution in [0.3, 0.4) is 0 Å². The van der Waals surface area contributed by atoms with Crippen LogP contribution in [0.25, 0.3) is 0 Å². The smallest absolute Gasteiger partial charge is 0.299 e. The fourth-order valence-corrected chi connectivity index (χ4v) is 2.82. The van der Waals surface area contributed by atoms with Crippen molar-refractivity contribution in [1.29, 1.82) is 0 Å². The summed E-state index contributed by atoms with van der Waals surface area (Å²) < 4.78 is 33.7.